The van der Waals surface area contributed by atoms with Crippen LogP contribution in [-0.4, -0.2) is 27.5 Å². The Kier molecular flexibility index (Phi) is 4.66. The fourth-order valence-electron chi connectivity index (χ4n) is 2.29. The second-order valence-electron chi connectivity index (χ2n) is 5.70. The molecule has 0 aliphatic carbocycles. The Bertz CT molecular complexity index is 602. The molecule has 112 valence electrons. The average Bonchev–Trinajstić information content (AvgIpc) is 2.35. The van der Waals surface area contributed by atoms with E-state index in [4.69, 9.17) is 23.2 Å². The average molecular weight is 337 g/mol. The molecule has 4 nitrogen and oxygen atoms in total. The molecule has 1 aromatic carbocycles. The van der Waals surface area contributed by atoms with Crippen LogP contribution in [0, 0.1) is 5.41 Å². The molecular weight excluding hydrogens is 319 g/mol. The van der Waals surface area contributed by atoms with Crippen LogP contribution in [0.15, 0.2) is 23.1 Å². The lowest BCUT2D eigenvalue weighted by atomic mass is 9.81. The third-order valence-corrected chi connectivity index (χ3v) is 5.84. The van der Waals surface area contributed by atoms with Gasteiger partial charge in [0.25, 0.3) is 0 Å². The molecule has 1 atom stereocenters. The van der Waals surface area contributed by atoms with Gasteiger partial charge in [0.1, 0.15) is 0 Å². The number of sulfonamides is 1. The molecule has 0 saturated carbocycles. The Labute approximate surface area is 129 Å². The van der Waals surface area contributed by atoms with Gasteiger partial charge in [-0.2, -0.15) is 0 Å². The van der Waals surface area contributed by atoms with Crippen LogP contribution in [0.3, 0.4) is 0 Å². The summed E-state index contributed by atoms with van der Waals surface area (Å²) >= 11 is 11.7. The highest BCUT2D eigenvalue weighted by Crippen LogP contribution is 2.28. The minimum absolute atomic E-state index is 0.108. The summed E-state index contributed by atoms with van der Waals surface area (Å²) < 4.78 is 27.6. The third kappa shape index (κ3) is 3.46. The van der Waals surface area contributed by atoms with Gasteiger partial charge in [0.2, 0.25) is 10.0 Å². The van der Waals surface area contributed by atoms with E-state index in [1.54, 1.807) is 0 Å². The molecule has 1 aliphatic heterocycles. The van der Waals surface area contributed by atoms with Crippen LogP contribution in [0.5, 0.6) is 0 Å². The molecule has 0 amide bonds. The molecule has 7 heteroatoms. The zero-order chi connectivity index (χ0) is 15.0. The van der Waals surface area contributed by atoms with Crippen LogP contribution in [-0.2, 0) is 10.0 Å². The monoisotopic (exact) mass is 336 g/mol. The fourth-order valence-corrected chi connectivity index (χ4v) is 4.12. The largest absolute Gasteiger partial charge is 0.316 e. The number of hydrogen-bond donors (Lipinski definition) is 2. The smallest absolute Gasteiger partial charge is 0.240 e. The Morgan fingerprint density at radius 3 is 2.60 bits per heavy atom. The van der Waals surface area contributed by atoms with Crippen molar-refractivity contribution in [3.05, 3.63) is 28.2 Å². The summed E-state index contributed by atoms with van der Waals surface area (Å²) in [6, 6.07) is 4.22. The molecule has 0 radical (unpaired) electrons. The summed E-state index contributed by atoms with van der Waals surface area (Å²) in [6.07, 6.45) is 0.757. The summed E-state index contributed by atoms with van der Waals surface area (Å²) in [4.78, 5) is 0.140. The van der Waals surface area contributed by atoms with E-state index in [1.807, 2.05) is 13.8 Å². The van der Waals surface area contributed by atoms with Gasteiger partial charge in [-0.3, -0.25) is 0 Å². The number of benzene rings is 1. The Hall–Kier alpha value is -0.330. The zero-order valence-electron chi connectivity index (χ0n) is 11.4. The summed E-state index contributed by atoms with van der Waals surface area (Å²) in [7, 11) is -3.59. The lowest BCUT2D eigenvalue weighted by molar-refractivity contribution is 0.206. The van der Waals surface area contributed by atoms with Crippen molar-refractivity contribution in [1.29, 1.82) is 0 Å². The van der Waals surface area contributed by atoms with E-state index >= 15 is 0 Å². The molecule has 2 rings (SSSR count). The van der Waals surface area contributed by atoms with Crippen molar-refractivity contribution in [2.45, 2.75) is 31.2 Å². The van der Waals surface area contributed by atoms with Crippen LogP contribution in [0.2, 0.25) is 10.0 Å². The molecule has 0 aromatic heterocycles. The van der Waals surface area contributed by atoms with Crippen molar-refractivity contribution in [3.63, 3.8) is 0 Å². The molecule has 1 heterocycles. The van der Waals surface area contributed by atoms with Crippen molar-refractivity contribution in [2.75, 3.05) is 13.1 Å². The SMILES string of the molecule is CC1(C)CNCCC1NS(=O)(=O)c1ccc(Cl)c(Cl)c1. The molecule has 0 bridgehead atoms. The lowest BCUT2D eigenvalue weighted by Gasteiger charge is -2.39. The van der Waals surface area contributed by atoms with E-state index in [0.717, 1.165) is 19.5 Å². The van der Waals surface area contributed by atoms with E-state index in [2.05, 4.69) is 10.0 Å². The Morgan fingerprint density at radius 2 is 2.00 bits per heavy atom. The molecule has 1 saturated heterocycles. The maximum Gasteiger partial charge on any atom is 0.240 e. The summed E-state index contributed by atoms with van der Waals surface area (Å²) in [5.74, 6) is 0. The van der Waals surface area contributed by atoms with Gasteiger partial charge in [-0.05, 0) is 36.6 Å². The number of nitrogens with one attached hydrogen (secondary N) is 2. The Morgan fingerprint density at radius 1 is 1.30 bits per heavy atom. The van der Waals surface area contributed by atoms with Crippen molar-refractivity contribution in [2.24, 2.45) is 5.41 Å². The fraction of sp³-hybridized carbons (Fsp3) is 0.538. The molecular formula is C13H18Cl2N2O2S. The number of rotatable bonds is 3. The van der Waals surface area contributed by atoms with E-state index in [1.165, 1.54) is 18.2 Å². The molecule has 0 spiro atoms. The summed E-state index contributed by atoms with van der Waals surface area (Å²) in [5.41, 5.74) is -0.137. The maximum absolute atomic E-state index is 12.4. The van der Waals surface area contributed by atoms with Crippen molar-refractivity contribution < 1.29 is 8.42 Å². The van der Waals surface area contributed by atoms with Gasteiger partial charge in [0, 0.05) is 12.6 Å². The van der Waals surface area contributed by atoms with Gasteiger partial charge in [0.15, 0.2) is 0 Å². The molecule has 1 aliphatic rings. The molecule has 1 fully saturated rings. The first-order chi connectivity index (χ1) is 9.22. The topological polar surface area (TPSA) is 58.2 Å². The molecule has 1 aromatic rings. The van der Waals surface area contributed by atoms with Gasteiger partial charge >= 0.3 is 0 Å². The summed E-state index contributed by atoms with van der Waals surface area (Å²) in [6.45, 7) is 5.67. The zero-order valence-corrected chi connectivity index (χ0v) is 13.7. The molecule has 1 unspecified atom stereocenters. The second kappa shape index (κ2) is 5.81. The Balaban J connectivity index is 2.24. The van der Waals surface area contributed by atoms with Gasteiger partial charge < -0.3 is 5.32 Å². The standard InChI is InChI=1S/C13H18Cl2N2O2S/c1-13(2)8-16-6-5-12(13)17-20(18,19)9-3-4-10(14)11(15)7-9/h3-4,7,12,16-17H,5-6,8H2,1-2H3. The van der Waals surface area contributed by atoms with E-state index in [0.29, 0.717) is 5.02 Å². The summed E-state index contributed by atoms with van der Waals surface area (Å²) in [5, 5.41) is 3.85. The molecule has 2 N–H and O–H groups in total. The normalized spacial score (nSPS) is 22.7. The van der Waals surface area contributed by atoms with Crippen LogP contribution < -0.4 is 10.0 Å². The van der Waals surface area contributed by atoms with Crippen molar-refractivity contribution >= 4 is 33.2 Å². The van der Waals surface area contributed by atoms with Crippen LogP contribution in [0.25, 0.3) is 0 Å². The highest BCUT2D eigenvalue weighted by atomic mass is 35.5. The van der Waals surface area contributed by atoms with Gasteiger partial charge in [-0.15, -0.1) is 0 Å². The van der Waals surface area contributed by atoms with Gasteiger partial charge in [0.05, 0.1) is 14.9 Å². The maximum atomic E-state index is 12.4. The number of piperidine rings is 1. The first-order valence-corrected chi connectivity index (χ1v) is 8.64. The van der Waals surface area contributed by atoms with Crippen LogP contribution in [0.4, 0.5) is 0 Å². The third-order valence-electron chi connectivity index (χ3n) is 3.63. The van der Waals surface area contributed by atoms with Crippen molar-refractivity contribution in [1.82, 2.24) is 10.0 Å². The number of hydrogen-bond acceptors (Lipinski definition) is 3. The lowest BCUT2D eigenvalue weighted by Crippen LogP contribution is -2.54. The highest BCUT2D eigenvalue weighted by molar-refractivity contribution is 7.89. The van der Waals surface area contributed by atoms with Gasteiger partial charge in [-0.1, -0.05) is 37.0 Å². The quantitative estimate of drug-likeness (QED) is 0.892. The van der Waals surface area contributed by atoms with Crippen LogP contribution in [0.1, 0.15) is 20.3 Å². The predicted octanol–water partition coefficient (Wildman–Crippen LogP) is 2.66. The first kappa shape index (κ1) is 16.0. The predicted molar refractivity (Wildman–Crippen MR) is 81.8 cm³/mol. The van der Waals surface area contributed by atoms with E-state index < -0.39 is 10.0 Å². The van der Waals surface area contributed by atoms with Crippen molar-refractivity contribution in [3.8, 4) is 0 Å². The van der Waals surface area contributed by atoms with Crippen LogP contribution >= 0.6 is 23.2 Å². The number of halogens is 2. The van der Waals surface area contributed by atoms with Gasteiger partial charge in [-0.25, -0.2) is 13.1 Å². The first-order valence-electron chi connectivity index (χ1n) is 6.40. The minimum atomic E-state index is -3.59. The minimum Gasteiger partial charge on any atom is -0.316 e. The van der Waals surface area contributed by atoms with E-state index in [-0.39, 0.29) is 21.4 Å². The molecule has 20 heavy (non-hydrogen) atoms. The second-order valence-corrected chi connectivity index (χ2v) is 8.23. The van der Waals surface area contributed by atoms with E-state index in [9.17, 15) is 8.42 Å². The highest BCUT2D eigenvalue weighted by Gasteiger charge is 2.35.